The van der Waals surface area contributed by atoms with Gasteiger partial charge in [0.25, 0.3) is 0 Å². The lowest BCUT2D eigenvalue weighted by molar-refractivity contribution is -0.138. The number of hydrogen-bond acceptors (Lipinski definition) is 3. The molecule has 0 fully saturated rings. The van der Waals surface area contributed by atoms with Gasteiger partial charge in [-0.15, -0.1) is 0 Å². The molecule has 0 unspecified atom stereocenters. The number of para-hydroxylation sites is 1. The van der Waals surface area contributed by atoms with Gasteiger partial charge in [0.2, 0.25) is 0 Å². The second kappa shape index (κ2) is 4.26. The van der Waals surface area contributed by atoms with E-state index in [1.807, 2.05) is 31.2 Å². The average Bonchev–Trinajstić information content (AvgIpc) is 2.62. The van der Waals surface area contributed by atoms with Crippen molar-refractivity contribution in [1.29, 1.82) is 0 Å². The number of aromatic nitrogens is 1. The summed E-state index contributed by atoms with van der Waals surface area (Å²) in [5, 5.41) is 4.17. The lowest BCUT2D eigenvalue weighted by atomic mass is 10.2. The van der Waals surface area contributed by atoms with Crippen LogP contribution in [0.1, 0.15) is 5.69 Å². The topological polar surface area (TPSA) is 54.1 Å². The highest BCUT2D eigenvalue weighted by atomic mass is 16.5. The fourth-order valence-electron chi connectivity index (χ4n) is 1.74. The Morgan fingerprint density at radius 3 is 2.94 bits per heavy atom. The Kier molecular flexibility index (Phi) is 2.81. The number of fused-ring (bicyclic) bond motifs is 1. The van der Waals surface area contributed by atoms with Crippen molar-refractivity contribution in [3.8, 4) is 0 Å². The number of nitrogens with one attached hydrogen (secondary N) is 2. The summed E-state index contributed by atoms with van der Waals surface area (Å²) < 4.78 is 4.59. The monoisotopic (exact) mass is 218 g/mol. The van der Waals surface area contributed by atoms with Crippen molar-refractivity contribution >= 4 is 22.6 Å². The van der Waals surface area contributed by atoms with Crippen LogP contribution in [0.3, 0.4) is 0 Å². The fourth-order valence-corrected chi connectivity index (χ4v) is 1.74. The zero-order valence-corrected chi connectivity index (χ0v) is 9.33. The molecule has 0 bridgehead atoms. The molecule has 0 saturated heterocycles. The molecule has 4 heteroatoms. The highest BCUT2D eigenvalue weighted by Gasteiger charge is 2.08. The van der Waals surface area contributed by atoms with E-state index in [0.29, 0.717) is 0 Å². The van der Waals surface area contributed by atoms with Crippen molar-refractivity contribution in [2.24, 2.45) is 0 Å². The number of benzene rings is 1. The summed E-state index contributed by atoms with van der Waals surface area (Å²) in [4.78, 5) is 14.3. The molecule has 1 aromatic heterocycles. The largest absolute Gasteiger partial charge is 0.468 e. The number of carbonyl (C=O) groups is 1. The molecule has 0 aliphatic rings. The van der Waals surface area contributed by atoms with Crippen molar-refractivity contribution < 1.29 is 9.53 Å². The van der Waals surface area contributed by atoms with Gasteiger partial charge in [0.15, 0.2) is 0 Å². The predicted octanol–water partition coefficient (Wildman–Crippen LogP) is 2.06. The minimum atomic E-state index is -0.273. The molecule has 1 aromatic carbocycles. The summed E-state index contributed by atoms with van der Waals surface area (Å²) in [6, 6.07) is 7.96. The number of aromatic amines is 1. The minimum Gasteiger partial charge on any atom is -0.468 e. The SMILES string of the molecule is COC(=O)CNc1c(C)[nH]c2ccccc12. The summed E-state index contributed by atoms with van der Waals surface area (Å²) in [5.41, 5.74) is 3.04. The van der Waals surface area contributed by atoms with Gasteiger partial charge in [-0.1, -0.05) is 18.2 Å². The van der Waals surface area contributed by atoms with Gasteiger partial charge in [-0.25, -0.2) is 0 Å². The van der Waals surface area contributed by atoms with Crippen LogP contribution in [0.5, 0.6) is 0 Å². The Morgan fingerprint density at radius 2 is 2.19 bits per heavy atom. The molecule has 2 aromatic rings. The number of aryl methyl sites for hydroxylation is 1. The van der Waals surface area contributed by atoms with E-state index < -0.39 is 0 Å². The predicted molar refractivity (Wildman–Crippen MR) is 63.5 cm³/mol. The second-order valence-corrected chi connectivity index (χ2v) is 3.60. The van der Waals surface area contributed by atoms with Gasteiger partial charge in [0.05, 0.1) is 12.8 Å². The third-order valence-electron chi connectivity index (χ3n) is 2.53. The molecule has 0 saturated carbocycles. The van der Waals surface area contributed by atoms with E-state index in [1.54, 1.807) is 0 Å². The zero-order chi connectivity index (χ0) is 11.5. The van der Waals surface area contributed by atoms with Crippen LogP contribution in [-0.2, 0) is 9.53 Å². The third-order valence-corrected chi connectivity index (χ3v) is 2.53. The molecule has 4 nitrogen and oxygen atoms in total. The standard InChI is InChI=1S/C12H14N2O2/c1-8-12(13-7-11(15)16-2)9-5-3-4-6-10(9)14-8/h3-6,13-14H,7H2,1-2H3. The Bertz CT molecular complexity index is 517. The molecule has 0 radical (unpaired) electrons. The van der Waals surface area contributed by atoms with Gasteiger partial charge >= 0.3 is 5.97 Å². The molecule has 0 atom stereocenters. The van der Waals surface area contributed by atoms with E-state index in [2.05, 4.69) is 15.0 Å². The molecule has 84 valence electrons. The highest BCUT2D eigenvalue weighted by molar-refractivity contribution is 5.95. The quantitative estimate of drug-likeness (QED) is 0.775. The Morgan fingerprint density at radius 1 is 1.44 bits per heavy atom. The zero-order valence-electron chi connectivity index (χ0n) is 9.33. The first-order valence-corrected chi connectivity index (χ1v) is 5.10. The van der Waals surface area contributed by atoms with E-state index in [9.17, 15) is 4.79 Å². The molecule has 2 N–H and O–H groups in total. The second-order valence-electron chi connectivity index (χ2n) is 3.60. The van der Waals surface area contributed by atoms with Crippen LogP contribution in [0.25, 0.3) is 10.9 Å². The van der Waals surface area contributed by atoms with E-state index in [4.69, 9.17) is 0 Å². The number of methoxy groups -OCH3 is 1. The average molecular weight is 218 g/mol. The first-order valence-electron chi connectivity index (χ1n) is 5.10. The van der Waals surface area contributed by atoms with Crippen LogP contribution in [0, 0.1) is 6.92 Å². The Labute approximate surface area is 93.6 Å². The molecule has 0 spiro atoms. The van der Waals surface area contributed by atoms with Crippen LogP contribution in [0.4, 0.5) is 5.69 Å². The summed E-state index contributed by atoms with van der Waals surface area (Å²) in [6.45, 7) is 2.15. The lowest BCUT2D eigenvalue weighted by Gasteiger charge is -2.04. The van der Waals surface area contributed by atoms with Crippen LogP contribution in [-0.4, -0.2) is 24.6 Å². The Hall–Kier alpha value is -1.97. The highest BCUT2D eigenvalue weighted by Crippen LogP contribution is 2.26. The number of hydrogen-bond donors (Lipinski definition) is 2. The van der Waals surface area contributed by atoms with Gasteiger partial charge in [0, 0.05) is 16.6 Å². The van der Waals surface area contributed by atoms with E-state index in [-0.39, 0.29) is 12.5 Å². The van der Waals surface area contributed by atoms with Gasteiger partial charge < -0.3 is 15.0 Å². The molecule has 0 aliphatic heterocycles. The van der Waals surface area contributed by atoms with Crippen LogP contribution in [0.15, 0.2) is 24.3 Å². The van der Waals surface area contributed by atoms with E-state index in [1.165, 1.54) is 7.11 Å². The van der Waals surface area contributed by atoms with Crippen molar-refractivity contribution in [3.05, 3.63) is 30.0 Å². The van der Waals surface area contributed by atoms with E-state index >= 15 is 0 Å². The number of ether oxygens (including phenoxy) is 1. The van der Waals surface area contributed by atoms with Gasteiger partial charge in [0.1, 0.15) is 6.54 Å². The maximum absolute atomic E-state index is 11.1. The van der Waals surface area contributed by atoms with Gasteiger partial charge in [-0.3, -0.25) is 4.79 Å². The van der Waals surface area contributed by atoms with E-state index in [0.717, 1.165) is 22.3 Å². The third kappa shape index (κ3) is 1.86. The molecule has 0 aliphatic carbocycles. The maximum atomic E-state index is 11.1. The molecule has 1 heterocycles. The lowest BCUT2D eigenvalue weighted by Crippen LogP contribution is -2.15. The molecular formula is C12H14N2O2. The van der Waals surface area contributed by atoms with Crippen LogP contribution >= 0.6 is 0 Å². The smallest absolute Gasteiger partial charge is 0.325 e. The summed E-state index contributed by atoms with van der Waals surface area (Å²) in [7, 11) is 1.38. The van der Waals surface area contributed by atoms with Gasteiger partial charge in [-0.05, 0) is 13.0 Å². The summed E-state index contributed by atoms with van der Waals surface area (Å²) >= 11 is 0. The number of esters is 1. The maximum Gasteiger partial charge on any atom is 0.325 e. The van der Waals surface area contributed by atoms with Crippen molar-refractivity contribution in [3.63, 3.8) is 0 Å². The minimum absolute atomic E-state index is 0.180. The Balaban J connectivity index is 2.29. The normalized spacial score (nSPS) is 10.4. The molecule has 16 heavy (non-hydrogen) atoms. The van der Waals surface area contributed by atoms with Crippen molar-refractivity contribution in [1.82, 2.24) is 4.98 Å². The first-order chi connectivity index (χ1) is 7.72. The number of carbonyl (C=O) groups excluding carboxylic acids is 1. The van der Waals surface area contributed by atoms with Crippen LogP contribution in [0.2, 0.25) is 0 Å². The fraction of sp³-hybridized carbons (Fsp3) is 0.250. The molecule has 0 amide bonds. The number of H-pyrrole nitrogens is 1. The molecular weight excluding hydrogens is 204 g/mol. The first kappa shape index (κ1) is 10.5. The summed E-state index contributed by atoms with van der Waals surface area (Å²) in [5.74, 6) is -0.273. The summed E-state index contributed by atoms with van der Waals surface area (Å²) in [6.07, 6.45) is 0. The van der Waals surface area contributed by atoms with Crippen LogP contribution < -0.4 is 5.32 Å². The molecule has 2 rings (SSSR count). The van der Waals surface area contributed by atoms with Gasteiger partial charge in [-0.2, -0.15) is 0 Å². The van der Waals surface area contributed by atoms with Crippen molar-refractivity contribution in [2.75, 3.05) is 19.0 Å². The number of anilines is 1. The van der Waals surface area contributed by atoms with Crippen molar-refractivity contribution in [2.45, 2.75) is 6.92 Å². The number of rotatable bonds is 3.